The SMILES string of the molecule is [CH2]c1cc([N+](=O)[O-])ccc1-c1ccc(OC)cc1OC. The first kappa shape index (κ1) is 13.9. The summed E-state index contributed by atoms with van der Waals surface area (Å²) in [6.45, 7) is 3.87. The fourth-order valence-corrected chi connectivity index (χ4v) is 1.98. The third-order valence-corrected chi connectivity index (χ3v) is 3.00. The van der Waals surface area contributed by atoms with Gasteiger partial charge >= 0.3 is 0 Å². The van der Waals surface area contributed by atoms with Crippen molar-refractivity contribution in [1.82, 2.24) is 0 Å². The average molecular weight is 272 g/mol. The monoisotopic (exact) mass is 272 g/mol. The molecule has 0 bridgehead atoms. The molecule has 0 unspecified atom stereocenters. The smallest absolute Gasteiger partial charge is 0.269 e. The van der Waals surface area contributed by atoms with E-state index in [0.717, 1.165) is 11.1 Å². The molecule has 0 aromatic heterocycles. The summed E-state index contributed by atoms with van der Waals surface area (Å²) in [6.07, 6.45) is 0. The number of hydrogen-bond donors (Lipinski definition) is 0. The van der Waals surface area contributed by atoms with Gasteiger partial charge in [-0.05, 0) is 36.2 Å². The third-order valence-electron chi connectivity index (χ3n) is 3.00. The topological polar surface area (TPSA) is 61.6 Å². The standard InChI is InChI=1S/C15H14NO4/c1-10-8-11(16(17)18)4-6-13(10)14-7-5-12(19-2)9-15(14)20-3/h4-9H,1H2,2-3H3. The molecule has 0 N–H and O–H groups in total. The maximum absolute atomic E-state index is 10.7. The van der Waals surface area contributed by atoms with Gasteiger partial charge in [-0.15, -0.1) is 0 Å². The predicted molar refractivity (Wildman–Crippen MR) is 76.1 cm³/mol. The lowest BCUT2D eigenvalue weighted by Gasteiger charge is -2.12. The number of hydrogen-bond acceptors (Lipinski definition) is 4. The second kappa shape index (κ2) is 5.61. The van der Waals surface area contributed by atoms with Crippen LogP contribution in [0.3, 0.4) is 0 Å². The Morgan fingerprint density at radius 3 is 2.30 bits per heavy atom. The molecule has 0 aliphatic carbocycles. The zero-order chi connectivity index (χ0) is 14.7. The largest absolute Gasteiger partial charge is 0.497 e. The van der Waals surface area contributed by atoms with Crippen LogP contribution in [0.2, 0.25) is 0 Å². The van der Waals surface area contributed by atoms with Crippen molar-refractivity contribution in [3.63, 3.8) is 0 Å². The summed E-state index contributed by atoms with van der Waals surface area (Å²) in [5.41, 5.74) is 2.19. The van der Waals surface area contributed by atoms with Gasteiger partial charge in [-0.1, -0.05) is 0 Å². The molecule has 5 heteroatoms. The Labute approximate surface area is 116 Å². The predicted octanol–water partition coefficient (Wildman–Crippen LogP) is 3.46. The highest BCUT2D eigenvalue weighted by Crippen LogP contribution is 2.36. The Hall–Kier alpha value is -2.56. The Balaban J connectivity index is 2.53. The maximum atomic E-state index is 10.7. The number of benzene rings is 2. The summed E-state index contributed by atoms with van der Waals surface area (Å²) in [4.78, 5) is 10.3. The van der Waals surface area contributed by atoms with Crippen LogP contribution in [0, 0.1) is 17.0 Å². The van der Waals surface area contributed by atoms with E-state index in [0.29, 0.717) is 17.1 Å². The zero-order valence-electron chi connectivity index (χ0n) is 11.3. The molecule has 0 heterocycles. The van der Waals surface area contributed by atoms with Gasteiger partial charge in [0, 0.05) is 23.8 Å². The second-order valence-corrected chi connectivity index (χ2v) is 4.16. The van der Waals surface area contributed by atoms with E-state index in [1.54, 1.807) is 32.4 Å². The van der Waals surface area contributed by atoms with Crippen molar-refractivity contribution in [2.45, 2.75) is 0 Å². The van der Waals surface area contributed by atoms with Crippen LogP contribution in [0.1, 0.15) is 5.56 Å². The fraction of sp³-hybridized carbons (Fsp3) is 0.133. The lowest BCUT2D eigenvalue weighted by Crippen LogP contribution is -1.93. The number of non-ortho nitro benzene ring substituents is 1. The van der Waals surface area contributed by atoms with Crippen LogP contribution in [0.5, 0.6) is 11.5 Å². The quantitative estimate of drug-likeness (QED) is 0.631. The van der Waals surface area contributed by atoms with Gasteiger partial charge in [-0.2, -0.15) is 0 Å². The minimum atomic E-state index is -0.441. The van der Waals surface area contributed by atoms with Crippen LogP contribution in [0.4, 0.5) is 5.69 Å². The van der Waals surface area contributed by atoms with Gasteiger partial charge in [-0.3, -0.25) is 10.1 Å². The van der Waals surface area contributed by atoms with Crippen molar-refractivity contribution in [2.24, 2.45) is 0 Å². The van der Waals surface area contributed by atoms with Crippen molar-refractivity contribution in [3.05, 3.63) is 59.0 Å². The van der Waals surface area contributed by atoms with Gasteiger partial charge in [0.25, 0.3) is 5.69 Å². The lowest BCUT2D eigenvalue weighted by atomic mass is 9.99. The van der Waals surface area contributed by atoms with Gasteiger partial charge in [0.2, 0.25) is 0 Å². The summed E-state index contributed by atoms with van der Waals surface area (Å²) in [5, 5.41) is 10.7. The highest BCUT2D eigenvalue weighted by Gasteiger charge is 2.13. The highest BCUT2D eigenvalue weighted by molar-refractivity contribution is 5.76. The minimum absolute atomic E-state index is 0.0197. The number of nitro groups is 1. The van der Waals surface area contributed by atoms with E-state index >= 15 is 0 Å². The molecule has 103 valence electrons. The maximum Gasteiger partial charge on any atom is 0.269 e. The summed E-state index contributed by atoms with van der Waals surface area (Å²) in [6, 6.07) is 9.97. The number of nitro benzene ring substituents is 1. The fourth-order valence-electron chi connectivity index (χ4n) is 1.98. The van der Waals surface area contributed by atoms with Crippen molar-refractivity contribution in [1.29, 1.82) is 0 Å². The molecule has 0 aliphatic heterocycles. The van der Waals surface area contributed by atoms with Crippen LogP contribution in [-0.4, -0.2) is 19.1 Å². The Morgan fingerprint density at radius 2 is 1.75 bits per heavy atom. The van der Waals surface area contributed by atoms with E-state index in [1.165, 1.54) is 12.1 Å². The normalized spacial score (nSPS) is 10.2. The van der Waals surface area contributed by atoms with Crippen LogP contribution in [-0.2, 0) is 0 Å². The molecule has 2 aromatic rings. The van der Waals surface area contributed by atoms with Crippen LogP contribution < -0.4 is 9.47 Å². The van der Waals surface area contributed by atoms with Crippen LogP contribution in [0.15, 0.2) is 36.4 Å². The van der Waals surface area contributed by atoms with Crippen molar-refractivity contribution in [2.75, 3.05) is 14.2 Å². The molecule has 0 amide bonds. The average Bonchev–Trinajstić information content (AvgIpc) is 2.46. The van der Waals surface area contributed by atoms with Crippen LogP contribution >= 0.6 is 0 Å². The van der Waals surface area contributed by atoms with E-state index in [2.05, 4.69) is 6.92 Å². The first-order valence-corrected chi connectivity index (χ1v) is 5.89. The van der Waals surface area contributed by atoms with E-state index in [9.17, 15) is 10.1 Å². The van der Waals surface area contributed by atoms with Crippen molar-refractivity contribution >= 4 is 5.69 Å². The van der Waals surface area contributed by atoms with Gasteiger partial charge in [0.15, 0.2) is 0 Å². The third kappa shape index (κ3) is 2.56. The minimum Gasteiger partial charge on any atom is -0.497 e. The summed E-state index contributed by atoms with van der Waals surface area (Å²) in [7, 11) is 3.14. The first-order valence-electron chi connectivity index (χ1n) is 5.89. The van der Waals surface area contributed by atoms with Gasteiger partial charge in [-0.25, -0.2) is 0 Å². The molecular formula is C15H14NO4. The van der Waals surface area contributed by atoms with E-state index < -0.39 is 4.92 Å². The van der Waals surface area contributed by atoms with E-state index in [4.69, 9.17) is 9.47 Å². The molecule has 0 atom stereocenters. The lowest BCUT2D eigenvalue weighted by molar-refractivity contribution is -0.384. The summed E-state index contributed by atoms with van der Waals surface area (Å²) >= 11 is 0. The summed E-state index contributed by atoms with van der Waals surface area (Å²) in [5.74, 6) is 1.31. The molecule has 0 spiro atoms. The molecule has 2 aromatic carbocycles. The first-order chi connectivity index (χ1) is 9.56. The number of methoxy groups -OCH3 is 2. The molecule has 2 rings (SSSR count). The van der Waals surface area contributed by atoms with E-state index in [-0.39, 0.29) is 5.69 Å². The number of ether oxygens (including phenoxy) is 2. The number of nitrogens with zero attached hydrogens (tertiary/aromatic N) is 1. The van der Waals surface area contributed by atoms with Crippen molar-refractivity contribution in [3.8, 4) is 22.6 Å². The van der Waals surface area contributed by atoms with E-state index in [1.807, 2.05) is 6.07 Å². The Morgan fingerprint density at radius 1 is 1.05 bits per heavy atom. The molecule has 0 aliphatic rings. The summed E-state index contributed by atoms with van der Waals surface area (Å²) < 4.78 is 10.5. The van der Waals surface area contributed by atoms with Gasteiger partial charge < -0.3 is 9.47 Å². The molecule has 0 fully saturated rings. The Kier molecular flexibility index (Phi) is 3.89. The molecule has 0 saturated heterocycles. The molecular weight excluding hydrogens is 258 g/mol. The molecule has 5 nitrogen and oxygen atoms in total. The zero-order valence-corrected chi connectivity index (χ0v) is 11.3. The van der Waals surface area contributed by atoms with Crippen LogP contribution in [0.25, 0.3) is 11.1 Å². The highest BCUT2D eigenvalue weighted by atomic mass is 16.6. The van der Waals surface area contributed by atoms with Crippen molar-refractivity contribution < 1.29 is 14.4 Å². The van der Waals surface area contributed by atoms with Gasteiger partial charge in [0.05, 0.1) is 19.1 Å². The molecule has 0 saturated carbocycles. The number of rotatable bonds is 4. The van der Waals surface area contributed by atoms with Gasteiger partial charge in [0.1, 0.15) is 11.5 Å². The molecule has 1 radical (unpaired) electrons. The second-order valence-electron chi connectivity index (χ2n) is 4.16. The molecule has 20 heavy (non-hydrogen) atoms. The Bertz CT molecular complexity index is 652.